The van der Waals surface area contributed by atoms with E-state index in [1.54, 1.807) is 24.3 Å². The van der Waals surface area contributed by atoms with Crippen LogP contribution in [0.1, 0.15) is 16.8 Å². The number of non-ortho nitro benzene ring substituents is 1. The third kappa shape index (κ3) is 2.65. The lowest BCUT2D eigenvalue weighted by atomic mass is 9.63. The van der Waals surface area contributed by atoms with Crippen molar-refractivity contribution < 1.29 is 19.3 Å². The number of nitro benzene ring substituents is 1. The van der Waals surface area contributed by atoms with E-state index in [2.05, 4.69) is 17.5 Å². The molecular formula is C24H19N3O5. The van der Waals surface area contributed by atoms with Crippen LogP contribution in [0.4, 0.5) is 17.1 Å². The predicted octanol–water partition coefficient (Wildman–Crippen LogP) is 3.40. The van der Waals surface area contributed by atoms with E-state index in [4.69, 9.17) is 0 Å². The van der Waals surface area contributed by atoms with Gasteiger partial charge in [0.15, 0.2) is 0 Å². The minimum Gasteiger partial charge on any atom is -0.322 e. The van der Waals surface area contributed by atoms with Crippen LogP contribution in [0.2, 0.25) is 0 Å². The molecule has 3 amide bonds. The van der Waals surface area contributed by atoms with Gasteiger partial charge in [-0.2, -0.15) is 0 Å². The van der Waals surface area contributed by atoms with Gasteiger partial charge in [-0.1, -0.05) is 12.2 Å². The first-order chi connectivity index (χ1) is 15.4. The molecule has 1 saturated heterocycles. The molecule has 160 valence electrons. The monoisotopic (exact) mass is 429 g/mol. The second-order valence-electron chi connectivity index (χ2n) is 8.97. The highest BCUT2D eigenvalue weighted by molar-refractivity contribution is 6.22. The molecular weight excluding hydrogens is 410 g/mol. The van der Waals surface area contributed by atoms with Crippen LogP contribution >= 0.6 is 0 Å². The van der Waals surface area contributed by atoms with Crippen LogP contribution in [0.15, 0.2) is 60.7 Å². The van der Waals surface area contributed by atoms with Crippen molar-refractivity contribution in [3.63, 3.8) is 0 Å². The van der Waals surface area contributed by atoms with E-state index >= 15 is 0 Å². The van der Waals surface area contributed by atoms with E-state index < -0.39 is 4.92 Å². The van der Waals surface area contributed by atoms with E-state index in [0.717, 1.165) is 6.42 Å². The van der Waals surface area contributed by atoms with Crippen LogP contribution < -0.4 is 10.2 Å². The average molecular weight is 429 g/mol. The van der Waals surface area contributed by atoms with Crippen molar-refractivity contribution >= 4 is 34.8 Å². The molecule has 2 aromatic carbocycles. The minimum atomic E-state index is -0.508. The third-order valence-electron chi connectivity index (χ3n) is 7.39. The molecule has 1 heterocycles. The van der Waals surface area contributed by atoms with Crippen molar-refractivity contribution in [3.05, 3.63) is 76.4 Å². The highest BCUT2D eigenvalue weighted by atomic mass is 16.6. The zero-order valence-corrected chi connectivity index (χ0v) is 16.9. The van der Waals surface area contributed by atoms with Crippen molar-refractivity contribution in [3.8, 4) is 0 Å². The molecule has 1 aliphatic heterocycles. The molecule has 5 aliphatic rings. The third-order valence-corrected chi connectivity index (χ3v) is 7.39. The SMILES string of the molecule is O=C(Nc1ccc([N+](=O)[O-])cc1)c1ccc(N2C(=O)[C@@H]3[C@H]4C=C[C@@H]([C@@H]5C[C@@H]45)[C@H]3C2=O)cc1. The number of anilines is 2. The van der Waals surface area contributed by atoms with Crippen molar-refractivity contribution in [2.75, 3.05) is 10.2 Å². The Morgan fingerprint density at radius 2 is 1.47 bits per heavy atom. The van der Waals surface area contributed by atoms with Crippen molar-refractivity contribution in [1.82, 2.24) is 0 Å². The summed E-state index contributed by atoms with van der Waals surface area (Å²) in [7, 11) is 0. The number of amides is 3. The number of nitro groups is 1. The first kappa shape index (κ1) is 18.9. The number of benzene rings is 2. The summed E-state index contributed by atoms with van der Waals surface area (Å²) in [6.45, 7) is 0. The molecule has 0 spiro atoms. The molecule has 3 fully saturated rings. The lowest BCUT2D eigenvalue weighted by Crippen LogP contribution is -2.40. The normalized spacial score (nSPS) is 31.3. The molecule has 4 aliphatic carbocycles. The molecule has 8 heteroatoms. The Bertz CT molecular complexity index is 1170. The predicted molar refractivity (Wildman–Crippen MR) is 115 cm³/mol. The lowest BCUT2D eigenvalue weighted by molar-refractivity contribution is -0.384. The summed E-state index contributed by atoms with van der Waals surface area (Å²) in [6.07, 6.45) is 5.40. The van der Waals surface area contributed by atoms with Gasteiger partial charge in [-0.05, 0) is 66.5 Å². The van der Waals surface area contributed by atoms with Gasteiger partial charge in [-0.25, -0.2) is 0 Å². The summed E-state index contributed by atoms with van der Waals surface area (Å²) in [6, 6.07) is 11.9. The second-order valence-corrected chi connectivity index (χ2v) is 8.97. The first-order valence-electron chi connectivity index (χ1n) is 10.7. The van der Waals surface area contributed by atoms with Crippen LogP contribution in [0.5, 0.6) is 0 Å². The molecule has 7 rings (SSSR count). The van der Waals surface area contributed by atoms with Crippen LogP contribution in [0, 0.1) is 45.6 Å². The van der Waals surface area contributed by atoms with Crippen molar-refractivity contribution in [1.29, 1.82) is 0 Å². The number of imide groups is 1. The zero-order chi connectivity index (χ0) is 22.1. The molecule has 8 nitrogen and oxygen atoms in total. The Morgan fingerprint density at radius 3 is 2.00 bits per heavy atom. The second kappa shape index (κ2) is 6.59. The lowest BCUT2D eigenvalue weighted by Gasteiger charge is -2.37. The van der Waals surface area contributed by atoms with Gasteiger partial charge in [-0.15, -0.1) is 0 Å². The molecule has 6 atom stereocenters. The van der Waals surface area contributed by atoms with Crippen LogP contribution in [0.25, 0.3) is 0 Å². The number of nitrogens with one attached hydrogen (secondary N) is 1. The number of carbonyl (C=O) groups excluding carboxylic acids is 3. The fraction of sp³-hybridized carbons (Fsp3) is 0.292. The van der Waals surface area contributed by atoms with E-state index in [9.17, 15) is 24.5 Å². The molecule has 0 unspecified atom stereocenters. The quantitative estimate of drug-likeness (QED) is 0.347. The highest BCUT2D eigenvalue weighted by Gasteiger charge is 2.67. The van der Waals surface area contributed by atoms with Crippen molar-refractivity contribution in [2.45, 2.75) is 6.42 Å². The first-order valence-corrected chi connectivity index (χ1v) is 10.7. The van der Waals surface area contributed by atoms with E-state index in [-0.39, 0.29) is 47.1 Å². The summed E-state index contributed by atoms with van der Waals surface area (Å²) >= 11 is 0. The van der Waals surface area contributed by atoms with Crippen LogP contribution in [-0.2, 0) is 9.59 Å². The molecule has 1 N–H and O–H groups in total. The van der Waals surface area contributed by atoms with E-state index in [1.807, 2.05) is 0 Å². The number of rotatable bonds is 4. The number of nitrogens with zero attached hydrogens (tertiary/aromatic N) is 2. The minimum absolute atomic E-state index is 0.0613. The Kier molecular flexibility index (Phi) is 3.90. The zero-order valence-electron chi connectivity index (χ0n) is 16.9. The van der Waals surface area contributed by atoms with Crippen LogP contribution in [-0.4, -0.2) is 22.6 Å². The van der Waals surface area contributed by atoms with Gasteiger partial charge in [0, 0.05) is 23.4 Å². The molecule has 2 bridgehead atoms. The van der Waals surface area contributed by atoms with Gasteiger partial charge in [0.2, 0.25) is 11.8 Å². The van der Waals surface area contributed by atoms with Gasteiger partial charge >= 0.3 is 0 Å². The maximum atomic E-state index is 13.2. The Labute approximate surface area is 183 Å². The molecule has 0 radical (unpaired) electrons. The highest BCUT2D eigenvalue weighted by Crippen LogP contribution is 2.65. The van der Waals surface area contributed by atoms with Gasteiger partial charge < -0.3 is 5.32 Å². The smallest absolute Gasteiger partial charge is 0.269 e. The number of allylic oxidation sites excluding steroid dienone is 2. The Balaban J connectivity index is 1.19. The Morgan fingerprint density at radius 1 is 0.906 bits per heavy atom. The van der Waals surface area contributed by atoms with Gasteiger partial charge in [0.25, 0.3) is 11.6 Å². The summed E-state index contributed by atoms with van der Waals surface area (Å²) < 4.78 is 0. The standard InChI is InChI=1S/C24H19N3O5/c28-22(25-13-3-7-15(8-4-13)27(31)32)12-1-5-14(6-2-12)26-23(29)20-16-9-10-17(19-11-18(16)19)21(20)24(26)30/h1-10,16-21H,11H2,(H,25,28)/t16-,17-,18-,19-,20+,21+/m0/s1. The maximum absolute atomic E-state index is 13.2. The van der Waals surface area contributed by atoms with E-state index in [1.165, 1.54) is 29.2 Å². The fourth-order valence-electron chi connectivity index (χ4n) is 5.84. The van der Waals surface area contributed by atoms with Gasteiger partial charge in [-0.3, -0.25) is 29.4 Å². The largest absolute Gasteiger partial charge is 0.322 e. The Hall–Kier alpha value is -3.81. The van der Waals surface area contributed by atoms with Crippen molar-refractivity contribution in [2.24, 2.45) is 35.5 Å². The summed E-state index contributed by atoms with van der Waals surface area (Å²) in [5.74, 6) is 0.270. The number of hydrogen-bond donors (Lipinski definition) is 1. The number of hydrogen-bond acceptors (Lipinski definition) is 5. The topological polar surface area (TPSA) is 110 Å². The van der Waals surface area contributed by atoms with Crippen LogP contribution in [0.3, 0.4) is 0 Å². The molecule has 2 aromatic rings. The average Bonchev–Trinajstić information content (AvgIpc) is 3.58. The fourth-order valence-corrected chi connectivity index (χ4v) is 5.84. The maximum Gasteiger partial charge on any atom is 0.269 e. The van der Waals surface area contributed by atoms with Gasteiger partial charge in [0.1, 0.15) is 0 Å². The molecule has 0 aromatic heterocycles. The number of carbonyl (C=O) groups is 3. The van der Waals surface area contributed by atoms with Gasteiger partial charge in [0.05, 0.1) is 22.4 Å². The summed E-state index contributed by atoms with van der Waals surface area (Å²) in [5, 5.41) is 13.4. The summed E-state index contributed by atoms with van der Waals surface area (Å²) in [5.41, 5.74) is 1.20. The molecule has 2 saturated carbocycles. The van der Waals surface area contributed by atoms with E-state index in [0.29, 0.717) is 28.8 Å². The molecule has 32 heavy (non-hydrogen) atoms. The summed E-state index contributed by atoms with van der Waals surface area (Å²) in [4.78, 5) is 50.4.